The molecule has 0 atom stereocenters. The molecule has 1 rings (SSSR count). The van der Waals surface area contributed by atoms with E-state index in [4.69, 9.17) is 0 Å². The minimum Gasteiger partial charge on any atom is -0.385 e. The van der Waals surface area contributed by atoms with Gasteiger partial charge in [-0.15, -0.1) is 0 Å². The fraction of sp³-hybridized carbons (Fsp3) is 0.364. The van der Waals surface area contributed by atoms with Crippen molar-refractivity contribution in [2.75, 3.05) is 23.8 Å². The van der Waals surface area contributed by atoms with Gasteiger partial charge >= 0.3 is 0 Å². The van der Waals surface area contributed by atoms with Crippen LogP contribution in [-0.2, 0) is 4.79 Å². The molecule has 1 amide bonds. The molecule has 1 aromatic carbocycles. The number of carbonyl (C=O) groups excluding carboxylic acids is 1. The maximum absolute atomic E-state index is 11.1. The molecule has 1 aromatic rings. The molecule has 3 nitrogen and oxygen atoms in total. The van der Waals surface area contributed by atoms with Crippen molar-refractivity contribution in [2.45, 2.75) is 13.8 Å². The van der Waals surface area contributed by atoms with E-state index in [2.05, 4.69) is 12.2 Å². The fourth-order valence-electron chi connectivity index (χ4n) is 1.19. The molecule has 14 heavy (non-hydrogen) atoms. The van der Waals surface area contributed by atoms with Crippen molar-refractivity contribution in [1.82, 2.24) is 0 Å². The molecule has 0 radical (unpaired) electrons. The van der Waals surface area contributed by atoms with E-state index in [0.29, 0.717) is 0 Å². The van der Waals surface area contributed by atoms with Gasteiger partial charge in [-0.3, -0.25) is 4.79 Å². The van der Waals surface area contributed by atoms with E-state index in [1.807, 2.05) is 24.3 Å². The molecule has 1 N–H and O–H groups in total. The highest BCUT2D eigenvalue weighted by Gasteiger charge is 2.03. The van der Waals surface area contributed by atoms with Crippen LogP contribution in [-0.4, -0.2) is 19.5 Å². The van der Waals surface area contributed by atoms with Crippen molar-refractivity contribution in [2.24, 2.45) is 0 Å². The predicted octanol–water partition coefficient (Wildman–Crippen LogP) is 2.10. The Labute approximate surface area is 84.7 Å². The Morgan fingerprint density at radius 2 is 1.93 bits per heavy atom. The van der Waals surface area contributed by atoms with E-state index in [9.17, 15) is 4.79 Å². The molecule has 0 saturated carbocycles. The maximum Gasteiger partial charge on any atom is 0.223 e. The molecular weight excluding hydrogens is 176 g/mol. The van der Waals surface area contributed by atoms with E-state index in [1.165, 1.54) is 0 Å². The molecule has 0 aromatic heterocycles. The SMILES string of the molecule is CCNc1ccc(N(C)C(C)=O)cc1. The standard InChI is InChI=1S/C11H16N2O/c1-4-12-10-5-7-11(8-6-10)13(3)9(2)14/h5-8,12H,4H2,1-3H3. The molecule has 0 aliphatic carbocycles. The van der Waals surface area contributed by atoms with Crippen LogP contribution in [0.5, 0.6) is 0 Å². The zero-order valence-electron chi connectivity index (χ0n) is 8.87. The van der Waals surface area contributed by atoms with E-state index in [1.54, 1.807) is 18.9 Å². The van der Waals surface area contributed by atoms with Gasteiger partial charge in [0, 0.05) is 31.9 Å². The summed E-state index contributed by atoms with van der Waals surface area (Å²) >= 11 is 0. The highest BCUT2D eigenvalue weighted by Crippen LogP contribution is 2.16. The first-order chi connectivity index (χ1) is 6.65. The summed E-state index contributed by atoms with van der Waals surface area (Å²) in [5, 5.41) is 3.20. The third-order valence-corrected chi connectivity index (χ3v) is 2.11. The average molecular weight is 192 g/mol. The Hall–Kier alpha value is -1.51. The quantitative estimate of drug-likeness (QED) is 0.795. The summed E-state index contributed by atoms with van der Waals surface area (Å²) in [5.41, 5.74) is 1.99. The normalized spacial score (nSPS) is 9.64. The van der Waals surface area contributed by atoms with Gasteiger partial charge < -0.3 is 10.2 Å². The number of hydrogen-bond donors (Lipinski definition) is 1. The molecule has 0 aliphatic rings. The highest BCUT2D eigenvalue weighted by molar-refractivity contribution is 5.90. The number of hydrogen-bond acceptors (Lipinski definition) is 2. The van der Waals surface area contributed by atoms with Crippen LogP contribution in [0.1, 0.15) is 13.8 Å². The Bertz CT molecular complexity index is 306. The summed E-state index contributed by atoms with van der Waals surface area (Å²) < 4.78 is 0. The van der Waals surface area contributed by atoms with Gasteiger partial charge in [0.05, 0.1) is 0 Å². The van der Waals surface area contributed by atoms with Crippen LogP contribution < -0.4 is 10.2 Å². The monoisotopic (exact) mass is 192 g/mol. The van der Waals surface area contributed by atoms with Crippen molar-refractivity contribution >= 4 is 17.3 Å². The summed E-state index contributed by atoms with van der Waals surface area (Å²) in [4.78, 5) is 12.7. The van der Waals surface area contributed by atoms with E-state index >= 15 is 0 Å². The Kier molecular flexibility index (Phi) is 3.51. The number of carbonyl (C=O) groups is 1. The van der Waals surface area contributed by atoms with Gasteiger partial charge in [-0.05, 0) is 31.2 Å². The number of benzene rings is 1. The van der Waals surface area contributed by atoms with Gasteiger partial charge in [0.2, 0.25) is 5.91 Å². The van der Waals surface area contributed by atoms with Crippen LogP contribution in [0, 0.1) is 0 Å². The van der Waals surface area contributed by atoms with Gasteiger partial charge in [0.1, 0.15) is 0 Å². The highest BCUT2D eigenvalue weighted by atomic mass is 16.2. The van der Waals surface area contributed by atoms with Gasteiger partial charge in [-0.25, -0.2) is 0 Å². The van der Waals surface area contributed by atoms with Crippen molar-refractivity contribution in [3.05, 3.63) is 24.3 Å². The van der Waals surface area contributed by atoms with Gasteiger partial charge in [0.25, 0.3) is 0 Å². The number of nitrogens with zero attached hydrogens (tertiary/aromatic N) is 1. The zero-order valence-corrected chi connectivity index (χ0v) is 8.87. The lowest BCUT2D eigenvalue weighted by Gasteiger charge is -2.15. The third-order valence-electron chi connectivity index (χ3n) is 2.11. The number of amides is 1. The molecule has 76 valence electrons. The summed E-state index contributed by atoms with van der Waals surface area (Å²) in [5.74, 6) is 0.0428. The molecular formula is C11H16N2O. The third kappa shape index (κ3) is 2.49. The molecule has 0 bridgehead atoms. The van der Waals surface area contributed by atoms with Crippen LogP contribution in [0.25, 0.3) is 0 Å². The lowest BCUT2D eigenvalue weighted by Crippen LogP contribution is -2.22. The van der Waals surface area contributed by atoms with Crippen molar-refractivity contribution in [3.63, 3.8) is 0 Å². The van der Waals surface area contributed by atoms with Crippen LogP contribution >= 0.6 is 0 Å². The van der Waals surface area contributed by atoms with E-state index in [-0.39, 0.29) is 5.91 Å². The second-order valence-electron chi connectivity index (χ2n) is 3.16. The Morgan fingerprint density at radius 1 is 1.36 bits per heavy atom. The number of nitrogens with one attached hydrogen (secondary N) is 1. The minimum atomic E-state index is 0.0428. The first-order valence-corrected chi connectivity index (χ1v) is 4.73. The molecule has 0 aliphatic heterocycles. The van der Waals surface area contributed by atoms with Crippen molar-refractivity contribution < 1.29 is 4.79 Å². The zero-order chi connectivity index (χ0) is 10.6. The second kappa shape index (κ2) is 4.65. The topological polar surface area (TPSA) is 32.3 Å². The van der Waals surface area contributed by atoms with Crippen molar-refractivity contribution in [3.8, 4) is 0 Å². The van der Waals surface area contributed by atoms with Crippen LogP contribution in [0.3, 0.4) is 0 Å². The van der Waals surface area contributed by atoms with E-state index in [0.717, 1.165) is 17.9 Å². The van der Waals surface area contributed by atoms with Crippen LogP contribution in [0.15, 0.2) is 24.3 Å². The molecule has 0 heterocycles. The predicted molar refractivity (Wildman–Crippen MR) is 59.7 cm³/mol. The second-order valence-corrected chi connectivity index (χ2v) is 3.16. The minimum absolute atomic E-state index is 0.0428. The number of rotatable bonds is 3. The lowest BCUT2D eigenvalue weighted by molar-refractivity contribution is -0.116. The average Bonchev–Trinajstić information content (AvgIpc) is 2.18. The fourth-order valence-corrected chi connectivity index (χ4v) is 1.19. The largest absolute Gasteiger partial charge is 0.385 e. The van der Waals surface area contributed by atoms with E-state index < -0.39 is 0 Å². The van der Waals surface area contributed by atoms with Crippen LogP contribution in [0.4, 0.5) is 11.4 Å². The smallest absolute Gasteiger partial charge is 0.223 e. The molecule has 0 unspecified atom stereocenters. The number of anilines is 2. The Morgan fingerprint density at radius 3 is 2.36 bits per heavy atom. The van der Waals surface area contributed by atoms with Gasteiger partial charge in [0.15, 0.2) is 0 Å². The maximum atomic E-state index is 11.1. The van der Waals surface area contributed by atoms with Gasteiger partial charge in [-0.2, -0.15) is 0 Å². The van der Waals surface area contributed by atoms with Crippen LogP contribution in [0.2, 0.25) is 0 Å². The molecule has 0 spiro atoms. The summed E-state index contributed by atoms with van der Waals surface area (Å²) in [6.07, 6.45) is 0. The Balaban J connectivity index is 2.77. The molecule has 3 heteroatoms. The summed E-state index contributed by atoms with van der Waals surface area (Å²) in [6.45, 7) is 4.51. The lowest BCUT2D eigenvalue weighted by atomic mass is 10.2. The van der Waals surface area contributed by atoms with Gasteiger partial charge in [-0.1, -0.05) is 0 Å². The molecule has 0 fully saturated rings. The summed E-state index contributed by atoms with van der Waals surface area (Å²) in [7, 11) is 1.77. The first kappa shape index (κ1) is 10.6. The first-order valence-electron chi connectivity index (χ1n) is 4.73. The molecule has 0 saturated heterocycles. The summed E-state index contributed by atoms with van der Waals surface area (Å²) in [6, 6.07) is 7.80. The van der Waals surface area contributed by atoms with Crippen molar-refractivity contribution in [1.29, 1.82) is 0 Å².